The molecule has 12 aromatic rings. The lowest BCUT2D eigenvalue weighted by molar-refractivity contribution is 1.18. The van der Waals surface area contributed by atoms with Crippen LogP contribution in [-0.4, -0.2) is 9.13 Å². The van der Waals surface area contributed by atoms with Gasteiger partial charge in [-0.2, -0.15) is 0 Å². The molecule has 12 rings (SSSR count). The van der Waals surface area contributed by atoms with Crippen molar-refractivity contribution in [1.82, 2.24) is 9.13 Å². The third-order valence-corrected chi connectivity index (χ3v) is 12.3. The number of aromatic nitrogens is 2. The highest BCUT2D eigenvalue weighted by Gasteiger charge is 2.24. The zero-order chi connectivity index (χ0) is 40.3. The van der Waals surface area contributed by atoms with Crippen LogP contribution in [0.2, 0.25) is 0 Å². The number of anilines is 3. The summed E-state index contributed by atoms with van der Waals surface area (Å²) in [5.74, 6) is 0. The SMILES string of the molecule is c1ccc(-c2cccc(-n3c4ccccc4c4ccc(N(c5cccc6ccccc56)c5cccc6c5c5ccccc5n6-c5cccc(-c6ccccc6)c5)cc43)c2)cc1. The van der Waals surface area contributed by atoms with Gasteiger partial charge in [0.2, 0.25) is 0 Å². The van der Waals surface area contributed by atoms with Crippen molar-refractivity contribution in [2.24, 2.45) is 0 Å². The van der Waals surface area contributed by atoms with Crippen LogP contribution in [0.4, 0.5) is 17.1 Å². The van der Waals surface area contributed by atoms with Gasteiger partial charge in [0.15, 0.2) is 0 Å². The van der Waals surface area contributed by atoms with Gasteiger partial charge in [0.05, 0.1) is 33.4 Å². The highest BCUT2D eigenvalue weighted by atomic mass is 15.2. The highest BCUT2D eigenvalue weighted by molar-refractivity contribution is 6.18. The van der Waals surface area contributed by atoms with Crippen LogP contribution in [-0.2, 0) is 0 Å². The van der Waals surface area contributed by atoms with Crippen LogP contribution >= 0.6 is 0 Å². The second-order valence-electron chi connectivity index (χ2n) is 15.7. The van der Waals surface area contributed by atoms with Crippen LogP contribution in [0.5, 0.6) is 0 Å². The Morgan fingerprint density at radius 2 is 0.754 bits per heavy atom. The van der Waals surface area contributed by atoms with E-state index in [1.807, 2.05) is 0 Å². The Morgan fingerprint density at radius 1 is 0.279 bits per heavy atom. The second-order valence-corrected chi connectivity index (χ2v) is 15.7. The van der Waals surface area contributed by atoms with Gasteiger partial charge in [-0.25, -0.2) is 0 Å². The Bertz CT molecular complexity index is 3590. The third kappa shape index (κ3) is 5.74. The van der Waals surface area contributed by atoms with E-state index in [-0.39, 0.29) is 0 Å². The summed E-state index contributed by atoms with van der Waals surface area (Å²) >= 11 is 0. The molecule has 3 heteroatoms. The first kappa shape index (κ1) is 34.9. The van der Waals surface area contributed by atoms with Gasteiger partial charge in [-0.3, -0.25) is 0 Å². The van der Waals surface area contributed by atoms with Gasteiger partial charge in [-0.1, -0.05) is 170 Å². The number of rotatable bonds is 7. The minimum absolute atomic E-state index is 1.09. The van der Waals surface area contributed by atoms with Crippen molar-refractivity contribution in [3.05, 3.63) is 237 Å². The molecule has 0 aliphatic carbocycles. The van der Waals surface area contributed by atoms with Gasteiger partial charge in [0, 0.05) is 44.0 Å². The molecule has 10 aromatic carbocycles. The van der Waals surface area contributed by atoms with Crippen molar-refractivity contribution in [1.29, 1.82) is 0 Å². The summed E-state index contributed by atoms with van der Waals surface area (Å²) in [7, 11) is 0. The number of fused-ring (bicyclic) bond motifs is 7. The zero-order valence-electron chi connectivity index (χ0n) is 33.4. The predicted octanol–water partition coefficient (Wildman–Crippen LogP) is 15.8. The lowest BCUT2D eigenvalue weighted by Crippen LogP contribution is -2.11. The van der Waals surface area contributed by atoms with Crippen LogP contribution in [0.25, 0.3) is 88.0 Å². The van der Waals surface area contributed by atoms with E-state index in [1.165, 1.54) is 65.6 Å². The van der Waals surface area contributed by atoms with Crippen molar-refractivity contribution in [3.8, 4) is 33.6 Å². The molecule has 61 heavy (non-hydrogen) atoms. The predicted molar refractivity (Wildman–Crippen MR) is 258 cm³/mol. The Morgan fingerprint density at radius 3 is 1.46 bits per heavy atom. The normalized spacial score (nSPS) is 11.6. The maximum atomic E-state index is 2.49. The van der Waals surface area contributed by atoms with Crippen LogP contribution < -0.4 is 4.90 Å². The smallest absolute Gasteiger partial charge is 0.0562 e. The van der Waals surface area contributed by atoms with Gasteiger partial charge < -0.3 is 14.0 Å². The largest absolute Gasteiger partial charge is 0.309 e. The maximum Gasteiger partial charge on any atom is 0.0562 e. The highest BCUT2D eigenvalue weighted by Crippen LogP contribution is 2.47. The Kier molecular flexibility index (Phi) is 8.17. The van der Waals surface area contributed by atoms with E-state index >= 15 is 0 Å². The molecule has 0 saturated carbocycles. The third-order valence-electron chi connectivity index (χ3n) is 12.3. The Balaban J connectivity index is 1.13. The minimum Gasteiger partial charge on any atom is -0.309 e. The molecule has 0 spiro atoms. The summed E-state index contributed by atoms with van der Waals surface area (Å²) in [6.45, 7) is 0. The molecule has 0 aliphatic rings. The molecule has 0 aliphatic heterocycles. The van der Waals surface area contributed by atoms with Crippen molar-refractivity contribution < 1.29 is 0 Å². The average Bonchev–Trinajstić information content (AvgIpc) is 3.85. The van der Waals surface area contributed by atoms with Crippen LogP contribution in [0.1, 0.15) is 0 Å². The summed E-state index contributed by atoms with van der Waals surface area (Å²) in [6, 6.07) is 86.0. The summed E-state index contributed by atoms with van der Waals surface area (Å²) < 4.78 is 4.87. The molecular weight excluding hydrogens is 739 g/mol. The second kappa shape index (κ2) is 14.3. The van der Waals surface area contributed by atoms with Crippen LogP contribution in [0, 0.1) is 0 Å². The molecule has 3 nitrogen and oxygen atoms in total. The number of para-hydroxylation sites is 2. The van der Waals surface area contributed by atoms with Gasteiger partial charge in [-0.15, -0.1) is 0 Å². The molecule has 0 radical (unpaired) electrons. The number of hydrogen-bond acceptors (Lipinski definition) is 1. The van der Waals surface area contributed by atoms with Crippen molar-refractivity contribution >= 4 is 71.4 Å². The van der Waals surface area contributed by atoms with E-state index < -0.39 is 0 Å². The standard InChI is InChI=1S/C58H39N3/c1-3-17-40(18-4-1)43-23-13-25-45(37-43)59-54-31-12-10-29-51(54)58-55(59)33-16-34-56(58)60(52-32-15-22-42-21-7-8-27-48(42)52)47-35-36-50-49-28-9-11-30-53(49)61(57(50)39-47)46-26-14-24-44(38-46)41-19-5-2-6-20-41/h1-39H. The van der Waals surface area contributed by atoms with E-state index in [0.717, 1.165) is 39.5 Å². The van der Waals surface area contributed by atoms with E-state index in [0.29, 0.717) is 0 Å². The molecule has 0 N–H and O–H groups in total. The molecule has 0 fully saturated rings. The molecule has 0 amide bonds. The summed E-state index contributed by atoms with van der Waals surface area (Å²) in [6.07, 6.45) is 0. The van der Waals surface area contributed by atoms with E-state index in [9.17, 15) is 0 Å². The minimum atomic E-state index is 1.09. The van der Waals surface area contributed by atoms with E-state index in [1.54, 1.807) is 0 Å². The quantitative estimate of drug-likeness (QED) is 0.157. The number of nitrogens with zero attached hydrogens (tertiary/aromatic N) is 3. The summed E-state index contributed by atoms with van der Waals surface area (Å²) in [5, 5.41) is 7.25. The van der Waals surface area contributed by atoms with Gasteiger partial charge in [-0.05, 0) is 94.4 Å². The lowest BCUT2D eigenvalue weighted by atomic mass is 10.0. The van der Waals surface area contributed by atoms with Gasteiger partial charge in [0.25, 0.3) is 0 Å². The van der Waals surface area contributed by atoms with Gasteiger partial charge >= 0.3 is 0 Å². The van der Waals surface area contributed by atoms with Crippen molar-refractivity contribution in [2.45, 2.75) is 0 Å². The molecule has 286 valence electrons. The van der Waals surface area contributed by atoms with Crippen LogP contribution in [0.15, 0.2) is 237 Å². The molecule has 0 saturated heterocycles. The van der Waals surface area contributed by atoms with Crippen LogP contribution in [0.3, 0.4) is 0 Å². The summed E-state index contributed by atoms with van der Waals surface area (Å²) in [4.78, 5) is 2.49. The summed E-state index contributed by atoms with van der Waals surface area (Å²) in [5.41, 5.74) is 15.0. The number of hydrogen-bond donors (Lipinski definition) is 0. The molecule has 0 atom stereocenters. The first-order chi connectivity index (χ1) is 30.3. The Labute approximate surface area is 354 Å². The topological polar surface area (TPSA) is 13.1 Å². The monoisotopic (exact) mass is 777 g/mol. The van der Waals surface area contributed by atoms with Crippen molar-refractivity contribution in [2.75, 3.05) is 4.90 Å². The van der Waals surface area contributed by atoms with E-state index in [4.69, 9.17) is 0 Å². The molecule has 0 bridgehead atoms. The zero-order valence-corrected chi connectivity index (χ0v) is 33.4. The maximum absolute atomic E-state index is 2.49. The molecule has 2 aromatic heterocycles. The first-order valence-corrected chi connectivity index (χ1v) is 20.9. The number of benzene rings is 10. The molecular formula is C58H39N3. The Hall–Kier alpha value is -8.14. The fraction of sp³-hybridized carbons (Fsp3) is 0. The van der Waals surface area contributed by atoms with Gasteiger partial charge in [0.1, 0.15) is 0 Å². The average molecular weight is 778 g/mol. The van der Waals surface area contributed by atoms with Crippen molar-refractivity contribution in [3.63, 3.8) is 0 Å². The van der Waals surface area contributed by atoms with E-state index in [2.05, 4.69) is 251 Å². The lowest BCUT2D eigenvalue weighted by Gasteiger charge is -2.28. The molecule has 0 unspecified atom stereocenters. The fourth-order valence-electron chi connectivity index (χ4n) is 9.56. The fourth-order valence-corrected chi connectivity index (χ4v) is 9.56. The first-order valence-electron chi connectivity index (χ1n) is 20.9. The molecule has 2 heterocycles.